The molecule has 3 nitrogen and oxygen atoms in total. The van der Waals surface area contributed by atoms with Gasteiger partial charge in [0, 0.05) is 29.2 Å². The molecule has 2 N–H and O–H groups in total. The SMILES string of the molecule is NC(=O)c1ccc2c(ccn2Cc2ccccc2)c1. The van der Waals surface area contributed by atoms with E-state index in [0.717, 1.165) is 17.4 Å². The van der Waals surface area contributed by atoms with Crippen LogP contribution in [0.2, 0.25) is 0 Å². The van der Waals surface area contributed by atoms with Gasteiger partial charge >= 0.3 is 0 Å². The van der Waals surface area contributed by atoms with Crippen molar-refractivity contribution in [1.29, 1.82) is 0 Å². The highest BCUT2D eigenvalue weighted by molar-refractivity contribution is 5.97. The number of hydrogen-bond acceptors (Lipinski definition) is 1. The molecule has 19 heavy (non-hydrogen) atoms. The number of carbonyl (C=O) groups excluding carboxylic acids is 1. The van der Waals surface area contributed by atoms with Crippen LogP contribution in [0.4, 0.5) is 0 Å². The third-order valence-corrected chi connectivity index (χ3v) is 3.25. The van der Waals surface area contributed by atoms with Gasteiger partial charge in [-0.3, -0.25) is 4.79 Å². The lowest BCUT2D eigenvalue weighted by molar-refractivity contribution is 0.100. The number of nitrogens with zero attached hydrogens (tertiary/aromatic N) is 1. The molecule has 94 valence electrons. The molecule has 3 rings (SSSR count). The Labute approximate surface area is 111 Å². The highest BCUT2D eigenvalue weighted by Gasteiger charge is 2.05. The van der Waals surface area contributed by atoms with Crippen LogP contribution in [0, 0.1) is 0 Å². The minimum Gasteiger partial charge on any atom is -0.366 e. The van der Waals surface area contributed by atoms with Crippen molar-refractivity contribution >= 4 is 16.8 Å². The lowest BCUT2D eigenvalue weighted by Gasteiger charge is -2.06. The van der Waals surface area contributed by atoms with Crippen LogP contribution in [0.25, 0.3) is 10.9 Å². The van der Waals surface area contributed by atoms with Crippen LogP contribution in [0.1, 0.15) is 15.9 Å². The second kappa shape index (κ2) is 4.61. The molecule has 0 spiro atoms. The van der Waals surface area contributed by atoms with Crippen molar-refractivity contribution in [2.75, 3.05) is 0 Å². The van der Waals surface area contributed by atoms with Crippen LogP contribution < -0.4 is 5.73 Å². The van der Waals surface area contributed by atoms with Gasteiger partial charge in [-0.05, 0) is 29.8 Å². The summed E-state index contributed by atoms with van der Waals surface area (Å²) in [5, 5.41) is 1.03. The molecule has 1 amide bonds. The Morgan fingerprint density at radius 1 is 1.05 bits per heavy atom. The first kappa shape index (κ1) is 11.5. The molecule has 0 aliphatic rings. The first-order chi connectivity index (χ1) is 9.24. The third-order valence-electron chi connectivity index (χ3n) is 3.25. The second-order valence-corrected chi connectivity index (χ2v) is 4.57. The third kappa shape index (κ3) is 2.22. The molecular weight excluding hydrogens is 236 g/mol. The standard InChI is InChI=1S/C16H14N2O/c17-16(19)14-6-7-15-13(10-14)8-9-18(15)11-12-4-2-1-3-5-12/h1-10H,11H2,(H2,17,19). The van der Waals surface area contributed by atoms with Crippen LogP contribution in [0.5, 0.6) is 0 Å². The van der Waals surface area contributed by atoms with Gasteiger partial charge in [0.05, 0.1) is 0 Å². The fraction of sp³-hybridized carbons (Fsp3) is 0.0625. The number of amides is 1. The quantitative estimate of drug-likeness (QED) is 0.763. The highest BCUT2D eigenvalue weighted by atomic mass is 16.1. The minimum absolute atomic E-state index is 0.391. The zero-order chi connectivity index (χ0) is 13.2. The van der Waals surface area contributed by atoms with Gasteiger partial charge in [-0.15, -0.1) is 0 Å². The van der Waals surface area contributed by atoms with E-state index in [1.807, 2.05) is 42.6 Å². The van der Waals surface area contributed by atoms with Crippen LogP contribution in [0.15, 0.2) is 60.8 Å². The first-order valence-corrected chi connectivity index (χ1v) is 6.17. The summed E-state index contributed by atoms with van der Waals surface area (Å²) in [5.41, 5.74) is 8.19. The number of nitrogens with two attached hydrogens (primary N) is 1. The van der Waals surface area contributed by atoms with Crippen molar-refractivity contribution in [3.63, 3.8) is 0 Å². The van der Waals surface area contributed by atoms with Gasteiger partial charge < -0.3 is 10.3 Å². The van der Waals surface area contributed by atoms with E-state index in [0.29, 0.717) is 5.56 Å². The molecular formula is C16H14N2O. The lowest BCUT2D eigenvalue weighted by Crippen LogP contribution is -2.10. The summed E-state index contributed by atoms with van der Waals surface area (Å²) in [6, 6.07) is 17.8. The van der Waals surface area contributed by atoms with Crippen LogP contribution in [-0.2, 0) is 6.54 Å². The van der Waals surface area contributed by atoms with Crippen molar-refractivity contribution < 1.29 is 4.79 Å². The number of rotatable bonds is 3. The molecule has 3 heteroatoms. The van der Waals surface area contributed by atoms with E-state index in [9.17, 15) is 4.79 Å². The van der Waals surface area contributed by atoms with E-state index in [2.05, 4.69) is 16.7 Å². The molecule has 0 aliphatic carbocycles. The fourth-order valence-corrected chi connectivity index (χ4v) is 2.27. The Balaban J connectivity index is 1.99. The number of aromatic nitrogens is 1. The summed E-state index contributed by atoms with van der Waals surface area (Å²) in [7, 11) is 0. The topological polar surface area (TPSA) is 48.0 Å². The fourth-order valence-electron chi connectivity index (χ4n) is 2.27. The Morgan fingerprint density at radius 2 is 1.84 bits per heavy atom. The van der Waals surface area contributed by atoms with Crippen molar-refractivity contribution in [3.8, 4) is 0 Å². The average Bonchev–Trinajstić information content (AvgIpc) is 2.82. The monoisotopic (exact) mass is 250 g/mol. The van der Waals surface area contributed by atoms with Crippen molar-refractivity contribution in [2.24, 2.45) is 5.73 Å². The zero-order valence-corrected chi connectivity index (χ0v) is 10.4. The molecule has 0 radical (unpaired) electrons. The lowest BCUT2D eigenvalue weighted by atomic mass is 10.1. The molecule has 0 fully saturated rings. The number of fused-ring (bicyclic) bond motifs is 1. The van der Waals surface area contributed by atoms with Gasteiger partial charge in [-0.2, -0.15) is 0 Å². The molecule has 1 aromatic heterocycles. The van der Waals surface area contributed by atoms with Crippen LogP contribution in [0.3, 0.4) is 0 Å². The molecule has 0 aliphatic heterocycles. The van der Waals surface area contributed by atoms with Gasteiger partial charge in [0.2, 0.25) is 5.91 Å². The molecule has 3 aromatic rings. The maximum atomic E-state index is 11.2. The predicted octanol–water partition coefficient (Wildman–Crippen LogP) is 2.79. The van der Waals surface area contributed by atoms with Crippen molar-refractivity contribution in [2.45, 2.75) is 6.54 Å². The summed E-state index contributed by atoms with van der Waals surface area (Å²) in [6.45, 7) is 0.820. The van der Waals surface area contributed by atoms with Gasteiger partial charge in [0.1, 0.15) is 0 Å². The van der Waals surface area contributed by atoms with E-state index in [1.165, 1.54) is 5.56 Å². The van der Waals surface area contributed by atoms with Crippen LogP contribution >= 0.6 is 0 Å². The summed E-state index contributed by atoms with van der Waals surface area (Å²) in [4.78, 5) is 11.2. The molecule has 0 unspecified atom stereocenters. The Kier molecular flexibility index (Phi) is 2.80. The van der Waals surface area contributed by atoms with Gasteiger partial charge in [-0.25, -0.2) is 0 Å². The Bertz CT molecular complexity index is 729. The minimum atomic E-state index is -0.391. The maximum Gasteiger partial charge on any atom is 0.248 e. The van der Waals surface area contributed by atoms with Gasteiger partial charge in [0.25, 0.3) is 0 Å². The highest BCUT2D eigenvalue weighted by Crippen LogP contribution is 2.18. The summed E-state index contributed by atoms with van der Waals surface area (Å²) >= 11 is 0. The molecule has 2 aromatic carbocycles. The Hall–Kier alpha value is -2.55. The van der Waals surface area contributed by atoms with Crippen molar-refractivity contribution in [1.82, 2.24) is 4.57 Å². The number of carbonyl (C=O) groups is 1. The summed E-state index contributed by atoms with van der Waals surface area (Å²) in [5.74, 6) is -0.391. The molecule has 0 saturated heterocycles. The van der Waals surface area contributed by atoms with E-state index < -0.39 is 5.91 Å². The molecule has 0 bridgehead atoms. The van der Waals surface area contributed by atoms with Crippen LogP contribution in [-0.4, -0.2) is 10.5 Å². The van der Waals surface area contributed by atoms with Gasteiger partial charge in [-0.1, -0.05) is 30.3 Å². The normalized spacial score (nSPS) is 10.7. The predicted molar refractivity (Wildman–Crippen MR) is 76.0 cm³/mol. The number of hydrogen-bond donors (Lipinski definition) is 1. The van der Waals surface area contributed by atoms with E-state index >= 15 is 0 Å². The average molecular weight is 250 g/mol. The van der Waals surface area contributed by atoms with E-state index in [1.54, 1.807) is 6.07 Å². The molecule has 0 saturated carbocycles. The Morgan fingerprint density at radius 3 is 2.58 bits per heavy atom. The second-order valence-electron chi connectivity index (χ2n) is 4.57. The molecule has 1 heterocycles. The smallest absolute Gasteiger partial charge is 0.248 e. The summed E-state index contributed by atoms with van der Waals surface area (Å²) in [6.07, 6.45) is 2.03. The zero-order valence-electron chi connectivity index (χ0n) is 10.4. The molecule has 0 atom stereocenters. The van der Waals surface area contributed by atoms with E-state index in [4.69, 9.17) is 5.73 Å². The van der Waals surface area contributed by atoms with E-state index in [-0.39, 0.29) is 0 Å². The first-order valence-electron chi connectivity index (χ1n) is 6.17. The maximum absolute atomic E-state index is 11.2. The summed E-state index contributed by atoms with van der Waals surface area (Å²) < 4.78 is 2.16. The van der Waals surface area contributed by atoms with Gasteiger partial charge in [0.15, 0.2) is 0 Å². The van der Waals surface area contributed by atoms with Crippen molar-refractivity contribution in [3.05, 3.63) is 71.9 Å². The number of benzene rings is 2. The largest absolute Gasteiger partial charge is 0.366 e. The number of primary amides is 1.